The maximum Gasteiger partial charge on any atom is 0.293 e. The number of hydrogen-bond acceptors (Lipinski definition) is 7. The van der Waals surface area contributed by atoms with Gasteiger partial charge in [0.15, 0.2) is 0 Å². The molecule has 0 atom stereocenters. The molecule has 0 aliphatic heterocycles. The Kier molecular flexibility index (Phi) is 5.93. The Bertz CT molecular complexity index is 869. The van der Waals surface area contributed by atoms with Gasteiger partial charge in [-0.3, -0.25) is 14.9 Å². The average molecular weight is 404 g/mol. The number of nitrogens with zero attached hydrogens (tertiary/aromatic N) is 3. The van der Waals surface area contributed by atoms with Gasteiger partial charge in [0.05, 0.1) is 4.92 Å². The molecule has 1 aromatic heterocycles. The number of anilines is 2. The van der Waals surface area contributed by atoms with Crippen LogP contribution in [0.4, 0.5) is 16.5 Å². The van der Waals surface area contributed by atoms with Crippen molar-refractivity contribution >= 4 is 33.8 Å². The molecule has 2 N–H and O–H groups in total. The number of hydrogen-bond donors (Lipinski definition) is 2. The highest BCUT2D eigenvalue weighted by Crippen LogP contribution is 2.35. The van der Waals surface area contributed by atoms with E-state index in [4.69, 9.17) is 0 Å². The van der Waals surface area contributed by atoms with Crippen LogP contribution in [0, 0.1) is 15.5 Å². The number of aromatic nitrogens is 2. The molecule has 0 radical (unpaired) electrons. The van der Waals surface area contributed by atoms with Crippen LogP contribution in [0.15, 0.2) is 18.2 Å². The molecule has 28 heavy (non-hydrogen) atoms. The third-order valence-electron chi connectivity index (χ3n) is 4.73. The van der Waals surface area contributed by atoms with Gasteiger partial charge in [-0.1, -0.05) is 51.4 Å². The molecule has 0 unspecified atom stereocenters. The molecule has 1 fully saturated rings. The molecule has 150 valence electrons. The van der Waals surface area contributed by atoms with Crippen LogP contribution in [-0.2, 0) is 4.79 Å². The summed E-state index contributed by atoms with van der Waals surface area (Å²) in [6, 6.07) is 5.32. The molecule has 1 saturated carbocycles. The molecule has 2 aromatic rings. The summed E-state index contributed by atoms with van der Waals surface area (Å²) in [5.41, 5.74) is 0.622. The molecular formula is C19H25N5O3S. The lowest BCUT2D eigenvalue weighted by molar-refractivity contribution is -0.383. The largest absolute Gasteiger partial charge is 0.377 e. The fourth-order valence-corrected chi connectivity index (χ4v) is 3.81. The average Bonchev–Trinajstić information content (AvgIpc) is 3.10. The molecule has 1 heterocycles. The number of rotatable bonds is 5. The van der Waals surface area contributed by atoms with Crippen molar-refractivity contribution < 1.29 is 9.72 Å². The summed E-state index contributed by atoms with van der Waals surface area (Å²) in [5, 5.41) is 26.6. The van der Waals surface area contributed by atoms with E-state index in [2.05, 4.69) is 20.8 Å². The molecule has 1 aromatic carbocycles. The Labute approximate surface area is 167 Å². The van der Waals surface area contributed by atoms with Crippen LogP contribution in [0.3, 0.4) is 0 Å². The van der Waals surface area contributed by atoms with Crippen LogP contribution in [-0.4, -0.2) is 27.1 Å². The topological polar surface area (TPSA) is 110 Å². The van der Waals surface area contributed by atoms with Crippen LogP contribution in [0.2, 0.25) is 0 Å². The van der Waals surface area contributed by atoms with Gasteiger partial charge in [-0.05, 0) is 25.0 Å². The van der Waals surface area contributed by atoms with Crippen LogP contribution in [0.25, 0.3) is 10.6 Å². The highest BCUT2D eigenvalue weighted by Gasteiger charge is 2.24. The normalized spacial score (nSPS) is 15.2. The molecule has 0 bridgehead atoms. The first-order chi connectivity index (χ1) is 13.2. The standard InChI is InChI=1S/C19H25N5O3S/c1-19(2,3)17(25)21-18-23-22-16(28-18)12-9-10-14(15(11-12)24(26)27)20-13-7-5-4-6-8-13/h9-11,13,20H,4-8H2,1-3H3,(H,21,23,25). The maximum absolute atomic E-state index is 12.1. The van der Waals surface area contributed by atoms with Gasteiger partial charge in [-0.15, -0.1) is 10.2 Å². The number of nitro groups is 1. The minimum atomic E-state index is -0.545. The molecule has 1 aliphatic rings. The van der Waals surface area contributed by atoms with Crippen molar-refractivity contribution in [3.05, 3.63) is 28.3 Å². The number of benzene rings is 1. The minimum Gasteiger partial charge on any atom is -0.377 e. The second-order valence-corrected chi connectivity index (χ2v) is 9.06. The number of carbonyl (C=O) groups is 1. The van der Waals surface area contributed by atoms with Crippen LogP contribution >= 0.6 is 11.3 Å². The van der Waals surface area contributed by atoms with Crippen LogP contribution in [0.1, 0.15) is 52.9 Å². The molecule has 3 rings (SSSR count). The van der Waals surface area contributed by atoms with Crippen LogP contribution < -0.4 is 10.6 Å². The fraction of sp³-hybridized carbons (Fsp3) is 0.526. The lowest BCUT2D eigenvalue weighted by atomic mass is 9.95. The summed E-state index contributed by atoms with van der Waals surface area (Å²) < 4.78 is 0. The second-order valence-electron chi connectivity index (χ2n) is 8.08. The summed E-state index contributed by atoms with van der Waals surface area (Å²) in [7, 11) is 0. The molecule has 8 nitrogen and oxygen atoms in total. The quantitative estimate of drug-likeness (QED) is 0.546. The van der Waals surface area contributed by atoms with E-state index in [0.29, 0.717) is 21.4 Å². The predicted molar refractivity (Wildman–Crippen MR) is 111 cm³/mol. The minimum absolute atomic E-state index is 0.0264. The van der Waals surface area contributed by atoms with Gasteiger partial charge in [0.2, 0.25) is 11.0 Å². The SMILES string of the molecule is CC(C)(C)C(=O)Nc1nnc(-c2ccc(NC3CCCCC3)c([N+](=O)[O-])c2)s1. The highest BCUT2D eigenvalue weighted by molar-refractivity contribution is 7.18. The molecule has 0 spiro atoms. The van der Waals surface area contributed by atoms with Gasteiger partial charge in [-0.2, -0.15) is 0 Å². The molecule has 1 aliphatic carbocycles. The van der Waals surface area contributed by atoms with E-state index < -0.39 is 5.41 Å². The van der Waals surface area contributed by atoms with Crippen molar-refractivity contribution in [1.82, 2.24) is 10.2 Å². The highest BCUT2D eigenvalue weighted by atomic mass is 32.1. The first-order valence-electron chi connectivity index (χ1n) is 9.44. The van der Waals surface area contributed by atoms with E-state index in [-0.39, 0.29) is 22.6 Å². The zero-order valence-electron chi connectivity index (χ0n) is 16.3. The van der Waals surface area contributed by atoms with Crippen molar-refractivity contribution in [3.63, 3.8) is 0 Å². The van der Waals surface area contributed by atoms with Crippen molar-refractivity contribution in [2.45, 2.75) is 58.9 Å². The number of nitrogens with one attached hydrogen (secondary N) is 2. The third-order valence-corrected chi connectivity index (χ3v) is 5.62. The van der Waals surface area contributed by atoms with E-state index in [1.54, 1.807) is 12.1 Å². The molecule has 1 amide bonds. The smallest absolute Gasteiger partial charge is 0.293 e. The van der Waals surface area contributed by atoms with Crippen molar-refractivity contribution in [3.8, 4) is 10.6 Å². The van der Waals surface area contributed by atoms with Crippen molar-refractivity contribution in [2.24, 2.45) is 5.41 Å². The Hall–Kier alpha value is -2.55. The Morgan fingerprint density at radius 1 is 1.21 bits per heavy atom. The molecular weight excluding hydrogens is 378 g/mol. The molecule has 0 saturated heterocycles. The van der Waals surface area contributed by atoms with E-state index in [1.807, 2.05) is 20.8 Å². The van der Waals surface area contributed by atoms with Gasteiger partial charge < -0.3 is 10.6 Å². The monoisotopic (exact) mass is 403 g/mol. The van der Waals surface area contributed by atoms with E-state index >= 15 is 0 Å². The summed E-state index contributed by atoms with van der Waals surface area (Å²) in [6.07, 6.45) is 5.59. The number of nitro benzene ring substituents is 1. The van der Waals surface area contributed by atoms with E-state index in [1.165, 1.54) is 23.8 Å². The Balaban J connectivity index is 1.80. The van der Waals surface area contributed by atoms with E-state index in [0.717, 1.165) is 25.7 Å². The van der Waals surface area contributed by atoms with E-state index in [9.17, 15) is 14.9 Å². The van der Waals surface area contributed by atoms with Gasteiger partial charge in [0, 0.05) is 23.1 Å². The predicted octanol–water partition coefficient (Wildman–Crippen LogP) is 4.84. The lowest BCUT2D eigenvalue weighted by Gasteiger charge is -2.23. The second kappa shape index (κ2) is 8.22. The van der Waals surface area contributed by atoms with Crippen molar-refractivity contribution in [2.75, 3.05) is 10.6 Å². The zero-order chi connectivity index (χ0) is 20.3. The first-order valence-corrected chi connectivity index (χ1v) is 10.3. The number of carbonyl (C=O) groups excluding carboxylic acids is 1. The summed E-state index contributed by atoms with van der Waals surface area (Å²) in [4.78, 5) is 23.3. The van der Waals surface area contributed by atoms with Gasteiger partial charge >= 0.3 is 0 Å². The molecule has 9 heteroatoms. The zero-order valence-corrected chi connectivity index (χ0v) is 17.1. The summed E-state index contributed by atoms with van der Waals surface area (Å²) in [6.45, 7) is 5.43. The van der Waals surface area contributed by atoms with Gasteiger partial charge in [0.1, 0.15) is 10.7 Å². The fourth-order valence-electron chi connectivity index (χ4n) is 3.08. The Morgan fingerprint density at radius 2 is 1.93 bits per heavy atom. The van der Waals surface area contributed by atoms with Crippen LogP contribution in [0.5, 0.6) is 0 Å². The van der Waals surface area contributed by atoms with Gasteiger partial charge in [0.25, 0.3) is 5.69 Å². The lowest BCUT2D eigenvalue weighted by Crippen LogP contribution is -2.27. The Morgan fingerprint density at radius 3 is 2.57 bits per heavy atom. The third kappa shape index (κ3) is 4.83. The maximum atomic E-state index is 12.1. The van der Waals surface area contributed by atoms with Gasteiger partial charge in [-0.25, -0.2) is 0 Å². The number of amides is 1. The van der Waals surface area contributed by atoms with Crippen molar-refractivity contribution in [1.29, 1.82) is 0 Å². The summed E-state index contributed by atoms with van der Waals surface area (Å²) >= 11 is 1.20. The first kappa shape index (κ1) is 20.2. The summed E-state index contributed by atoms with van der Waals surface area (Å²) in [5.74, 6) is -0.159.